The van der Waals surface area contributed by atoms with Crippen molar-refractivity contribution >= 4 is 9.84 Å². The molecule has 0 bridgehead atoms. The van der Waals surface area contributed by atoms with Gasteiger partial charge in [0.05, 0.1) is 5.75 Å². The molecule has 1 aliphatic heterocycles. The van der Waals surface area contributed by atoms with Crippen LogP contribution in [0.1, 0.15) is 40.0 Å². The Morgan fingerprint density at radius 2 is 1.89 bits per heavy atom. The maximum atomic E-state index is 11.7. The lowest BCUT2D eigenvalue weighted by Gasteiger charge is -2.37. The lowest BCUT2D eigenvalue weighted by molar-refractivity contribution is 0.0130. The highest BCUT2D eigenvalue weighted by Gasteiger charge is 2.33. The summed E-state index contributed by atoms with van der Waals surface area (Å²) < 4.78 is 28.9. The molecule has 0 amide bonds. The van der Waals surface area contributed by atoms with Crippen molar-refractivity contribution in [2.45, 2.75) is 40.0 Å². The van der Waals surface area contributed by atoms with Crippen LogP contribution in [0.4, 0.5) is 0 Å². The van der Waals surface area contributed by atoms with Crippen LogP contribution in [0, 0.1) is 11.3 Å². The van der Waals surface area contributed by atoms with Gasteiger partial charge in [-0.25, -0.2) is 8.42 Å². The van der Waals surface area contributed by atoms with Crippen molar-refractivity contribution in [3.8, 4) is 0 Å². The average molecular weight is 291 g/mol. The third kappa shape index (κ3) is 6.23. The van der Waals surface area contributed by atoms with Gasteiger partial charge in [-0.3, -0.25) is 0 Å². The molecule has 1 heterocycles. The van der Waals surface area contributed by atoms with Crippen molar-refractivity contribution < 1.29 is 13.2 Å². The van der Waals surface area contributed by atoms with Crippen LogP contribution in [0.2, 0.25) is 0 Å². The molecule has 0 radical (unpaired) electrons. The highest BCUT2D eigenvalue weighted by atomic mass is 32.2. The number of ether oxygens (including phenoxy) is 1. The van der Waals surface area contributed by atoms with Crippen molar-refractivity contribution in [3.05, 3.63) is 0 Å². The summed E-state index contributed by atoms with van der Waals surface area (Å²) in [5, 5.41) is 3.50. The Labute approximate surface area is 118 Å². The molecule has 1 saturated heterocycles. The van der Waals surface area contributed by atoms with Crippen molar-refractivity contribution in [2.24, 2.45) is 11.3 Å². The Bertz CT molecular complexity index is 346. The quantitative estimate of drug-likeness (QED) is 0.741. The van der Waals surface area contributed by atoms with Crippen molar-refractivity contribution in [3.63, 3.8) is 0 Å². The zero-order chi connectivity index (χ0) is 14.4. The summed E-state index contributed by atoms with van der Waals surface area (Å²) in [6.07, 6.45) is 2.70. The van der Waals surface area contributed by atoms with E-state index in [9.17, 15) is 8.42 Å². The topological polar surface area (TPSA) is 55.4 Å². The van der Waals surface area contributed by atoms with Gasteiger partial charge in [-0.1, -0.05) is 20.8 Å². The van der Waals surface area contributed by atoms with Gasteiger partial charge >= 0.3 is 0 Å². The first kappa shape index (κ1) is 16.9. The average Bonchev–Trinajstić information content (AvgIpc) is 2.38. The molecular formula is C14H29NO3S. The largest absolute Gasteiger partial charge is 0.381 e. The first-order chi connectivity index (χ1) is 8.89. The maximum absolute atomic E-state index is 11.7. The van der Waals surface area contributed by atoms with Gasteiger partial charge < -0.3 is 10.1 Å². The fourth-order valence-corrected chi connectivity index (χ4v) is 3.49. The summed E-state index contributed by atoms with van der Waals surface area (Å²) >= 11 is 0. The number of sulfone groups is 1. The van der Waals surface area contributed by atoms with Crippen LogP contribution in [-0.2, 0) is 14.6 Å². The highest BCUT2D eigenvalue weighted by Crippen LogP contribution is 2.34. The van der Waals surface area contributed by atoms with Gasteiger partial charge in [0.15, 0.2) is 0 Å². The lowest BCUT2D eigenvalue weighted by Crippen LogP contribution is -2.41. The summed E-state index contributed by atoms with van der Waals surface area (Å²) in [5.74, 6) is 1.18. The molecule has 5 heteroatoms. The van der Waals surface area contributed by atoms with E-state index in [2.05, 4.69) is 19.2 Å². The third-order valence-electron chi connectivity index (χ3n) is 3.99. The molecule has 0 atom stereocenters. The van der Waals surface area contributed by atoms with Crippen molar-refractivity contribution in [2.75, 3.05) is 37.8 Å². The van der Waals surface area contributed by atoms with Crippen molar-refractivity contribution in [1.29, 1.82) is 0 Å². The monoisotopic (exact) mass is 291 g/mol. The van der Waals surface area contributed by atoms with E-state index in [1.807, 2.05) is 0 Å². The van der Waals surface area contributed by atoms with Gasteiger partial charge in [0.1, 0.15) is 9.84 Å². The van der Waals surface area contributed by atoms with Gasteiger partial charge in [0.25, 0.3) is 0 Å². The molecule has 1 aliphatic rings. The van der Waals surface area contributed by atoms with E-state index in [0.717, 1.165) is 45.6 Å². The SMILES string of the molecule is CCS(=O)(=O)CCC1(CNCC(C)C)CCOCC1. The molecule has 1 N–H and O–H groups in total. The summed E-state index contributed by atoms with van der Waals surface area (Å²) in [4.78, 5) is 0. The van der Waals surface area contributed by atoms with Gasteiger partial charge in [-0.2, -0.15) is 0 Å². The van der Waals surface area contributed by atoms with E-state index in [1.165, 1.54) is 0 Å². The van der Waals surface area contributed by atoms with Gasteiger partial charge in [0, 0.05) is 25.5 Å². The maximum Gasteiger partial charge on any atom is 0.150 e. The van der Waals surface area contributed by atoms with Crippen LogP contribution in [0.15, 0.2) is 0 Å². The molecule has 0 spiro atoms. The van der Waals surface area contributed by atoms with Crippen LogP contribution in [0.5, 0.6) is 0 Å². The second kappa shape index (κ2) is 7.60. The first-order valence-electron chi connectivity index (χ1n) is 7.38. The van der Waals surface area contributed by atoms with E-state index < -0.39 is 9.84 Å². The highest BCUT2D eigenvalue weighted by molar-refractivity contribution is 7.91. The van der Waals surface area contributed by atoms with Crippen LogP contribution in [-0.4, -0.2) is 46.2 Å². The van der Waals surface area contributed by atoms with Crippen LogP contribution in [0.25, 0.3) is 0 Å². The van der Waals surface area contributed by atoms with Crippen molar-refractivity contribution in [1.82, 2.24) is 5.32 Å². The second-order valence-electron chi connectivity index (χ2n) is 6.12. The molecule has 0 aliphatic carbocycles. The number of hydrogen-bond acceptors (Lipinski definition) is 4. The zero-order valence-electron chi connectivity index (χ0n) is 12.6. The Morgan fingerprint density at radius 1 is 1.26 bits per heavy atom. The van der Waals surface area contributed by atoms with E-state index in [1.54, 1.807) is 6.92 Å². The second-order valence-corrected chi connectivity index (χ2v) is 8.60. The standard InChI is InChI=1S/C14H29NO3S/c1-4-19(16,17)10-7-14(5-8-18-9-6-14)12-15-11-13(2)3/h13,15H,4-12H2,1-3H3. The van der Waals surface area contributed by atoms with E-state index >= 15 is 0 Å². The lowest BCUT2D eigenvalue weighted by atomic mass is 9.77. The Balaban J connectivity index is 2.54. The van der Waals surface area contributed by atoms with E-state index in [-0.39, 0.29) is 11.2 Å². The van der Waals surface area contributed by atoms with E-state index in [0.29, 0.717) is 11.7 Å². The van der Waals surface area contributed by atoms with E-state index in [4.69, 9.17) is 4.74 Å². The summed E-state index contributed by atoms with van der Waals surface area (Å²) in [5.41, 5.74) is 0.107. The minimum Gasteiger partial charge on any atom is -0.381 e. The molecule has 1 fully saturated rings. The number of hydrogen-bond donors (Lipinski definition) is 1. The first-order valence-corrected chi connectivity index (χ1v) is 9.20. The summed E-state index contributed by atoms with van der Waals surface area (Å²) in [7, 11) is -2.87. The minimum atomic E-state index is -2.87. The molecule has 0 aromatic carbocycles. The molecule has 114 valence electrons. The molecule has 0 unspecified atom stereocenters. The molecule has 0 aromatic heterocycles. The number of nitrogens with one attached hydrogen (secondary N) is 1. The molecule has 4 nitrogen and oxygen atoms in total. The molecule has 19 heavy (non-hydrogen) atoms. The van der Waals surface area contributed by atoms with Crippen LogP contribution >= 0.6 is 0 Å². The third-order valence-corrected chi connectivity index (χ3v) is 5.70. The fraction of sp³-hybridized carbons (Fsp3) is 1.00. The molecule has 1 rings (SSSR count). The number of rotatable bonds is 8. The predicted octanol–water partition coefficient (Wildman–Crippen LogP) is 1.85. The molecule has 0 saturated carbocycles. The summed E-state index contributed by atoms with van der Waals surface area (Å²) in [6.45, 7) is 9.52. The van der Waals surface area contributed by atoms with Crippen LogP contribution in [0.3, 0.4) is 0 Å². The molecule has 0 aromatic rings. The van der Waals surface area contributed by atoms with Gasteiger partial charge in [-0.15, -0.1) is 0 Å². The Morgan fingerprint density at radius 3 is 2.42 bits per heavy atom. The van der Waals surface area contributed by atoms with Crippen LogP contribution < -0.4 is 5.32 Å². The predicted molar refractivity (Wildman–Crippen MR) is 79.1 cm³/mol. The fourth-order valence-electron chi connectivity index (χ4n) is 2.46. The zero-order valence-corrected chi connectivity index (χ0v) is 13.4. The van der Waals surface area contributed by atoms with Gasteiger partial charge in [0.2, 0.25) is 0 Å². The Hall–Kier alpha value is -0.130. The van der Waals surface area contributed by atoms with Gasteiger partial charge in [-0.05, 0) is 37.1 Å². The smallest absolute Gasteiger partial charge is 0.150 e. The summed E-state index contributed by atoms with van der Waals surface area (Å²) in [6, 6.07) is 0. The molecular weight excluding hydrogens is 262 g/mol. The minimum absolute atomic E-state index is 0.107. The Kier molecular flexibility index (Phi) is 6.77. The normalized spacial score (nSPS) is 19.8.